The van der Waals surface area contributed by atoms with Crippen LogP contribution in [0.5, 0.6) is 0 Å². The van der Waals surface area contributed by atoms with Gasteiger partial charge >= 0.3 is 0 Å². The molecule has 4 nitrogen and oxygen atoms in total. The molecule has 0 aliphatic carbocycles. The van der Waals surface area contributed by atoms with Gasteiger partial charge in [-0.3, -0.25) is 9.59 Å². The minimum Gasteiger partial charge on any atom is -0.325 e. The number of hydrogen-bond donors (Lipinski definition) is 2. The summed E-state index contributed by atoms with van der Waals surface area (Å²) >= 11 is 3.38. The molecule has 0 unspecified atom stereocenters. The zero-order valence-electron chi connectivity index (χ0n) is 13.3. The summed E-state index contributed by atoms with van der Waals surface area (Å²) in [5.41, 5.74) is 1.08. The van der Waals surface area contributed by atoms with Crippen LogP contribution in [-0.4, -0.2) is 11.8 Å². The van der Waals surface area contributed by atoms with Gasteiger partial charge in [0.05, 0.1) is 5.69 Å². The van der Waals surface area contributed by atoms with Gasteiger partial charge < -0.3 is 10.6 Å². The van der Waals surface area contributed by atoms with Crippen molar-refractivity contribution in [2.45, 2.75) is 20.8 Å². The molecule has 0 aliphatic heterocycles. The number of carbonyl (C=O) groups is 2. The summed E-state index contributed by atoms with van der Waals surface area (Å²) in [6, 6.07) is 14.7. The van der Waals surface area contributed by atoms with E-state index in [1.54, 1.807) is 19.9 Å². The minimum absolute atomic E-state index is 0.351. The van der Waals surface area contributed by atoms with Crippen LogP contribution in [-0.2, 0) is 9.59 Å². The molecule has 0 radical (unpaired) electrons. The molecule has 2 N–H and O–H groups in total. The quantitative estimate of drug-likeness (QED) is 0.780. The molecule has 5 heteroatoms. The van der Waals surface area contributed by atoms with E-state index in [1.165, 1.54) is 0 Å². The van der Waals surface area contributed by atoms with Crippen LogP contribution in [0.1, 0.15) is 19.4 Å². The van der Waals surface area contributed by atoms with Gasteiger partial charge in [-0.15, -0.1) is 0 Å². The third-order valence-corrected chi connectivity index (χ3v) is 4.34. The van der Waals surface area contributed by atoms with Crippen molar-refractivity contribution in [3.8, 4) is 0 Å². The topological polar surface area (TPSA) is 58.2 Å². The van der Waals surface area contributed by atoms with Gasteiger partial charge in [-0.2, -0.15) is 0 Å². The Kier molecular flexibility index (Phi) is 5.21. The number of carbonyl (C=O) groups excluding carboxylic acids is 2. The molecule has 23 heavy (non-hydrogen) atoms. The van der Waals surface area contributed by atoms with Gasteiger partial charge in [0.15, 0.2) is 0 Å². The lowest BCUT2D eigenvalue weighted by atomic mass is 9.90. The van der Waals surface area contributed by atoms with E-state index in [4.69, 9.17) is 0 Å². The van der Waals surface area contributed by atoms with E-state index in [-0.39, 0.29) is 11.8 Å². The van der Waals surface area contributed by atoms with Gasteiger partial charge in [0.25, 0.3) is 0 Å². The Balaban J connectivity index is 2.13. The number of nitrogens with one attached hydrogen (secondary N) is 2. The van der Waals surface area contributed by atoms with Gasteiger partial charge in [0.2, 0.25) is 11.8 Å². The van der Waals surface area contributed by atoms with E-state index >= 15 is 0 Å². The fraction of sp³-hybridized carbons (Fsp3) is 0.222. The summed E-state index contributed by atoms with van der Waals surface area (Å²) in [5, 5.41) is 5.61. The standard InChI is InChI=1S/C18H19BrN2O2/c1-12-8-4-6-10-14(12)20-16(22)18(2,3)17(23)21-15-11-7-5-9-13(15)19/h4-11H,1-3H3,(H,20,22)(H,21,23). The molecule has 0 saturated heterocycles. The van der Waals surface area contributed by atoms with E-state index in [2.05, 4.69) is 26.6 Å². The molecule has 0 fully saturated rings. The SMILES string of the molecule is Cc1ccccc1NC(=O)C(C)(C)C(=O)Nc1ccccc1Br. The Morgan fingerprint density at radius 2 is 1.35 bits per heavy atom. The number of anilines is 2. The van der Waals surface area contributed by atoms with E-state index in [0.717, 1.165) is 10.0 Å². The minimum atomic E-state index is -1.21. The third-order valence-electron chi connectivity index (χ3n) is 3.65. The van der Waals surface area contributed by atoms with Crippen molar-refractivity contribution in [3.63, 3.8) is 0 Å². The average molecular weight is 375 g/mol. The van der Waals surface area contributed by atoms with Crippen LogP contribution in [0.2, 0.25) is 0 Å². The molecule has 2 aromatic rings. The Morgan fingerprint density at radius 3 is 1.91 bits per heavy atom. The first-order chi connectivity index (χ1) is 10.8. The van der Waals surface area contributed by atoms with Gasteiger partial charge in [0.1, 0.15) is 5.41 Å². The number of para-hydroxylation sites is 2. The molecule has 0 aromatic heterocycles. The highest BCUT2D eigenvalue weighted by atomic mass is 79.9. The Morgan fingerprint density at radius 1 is 0.870 bits per heavy atom. The smallest absolute Gasteiger partial charge is 0.239 e. The van der Waals surface area contributed by atoms with E-state index < -0.39 is 5.41 Å². The molecule has 2 rings (SSSR count). The molecule has 2 amide bonds. The zero-order chi connectivity index (χ0) is 17.0. The fourth-order valence-electron chi connectivity index (χ4n) is 1.94. The highest BCUT2D eigenvalue weighted by Gasteiger charge is 2.36. The molecular formula is C18H19BrN2O2. The number of rotatable bonds is 4. The summed E-state index contributed by atoms with van der Waals surface area (Å²) < 4.78 is 0.767. The summed E-state index contributed by atoms with van der Waals surface area (Å²) in [7, 11) is 0. The van der Waals surface area contributed by atoms with Crippen molar-refractivity contribution in [2.24, 2.45) is 5.41 Å². The Hall–Kier alpha value is -2.14. The Labute approximate surface area is 144 Å². The maximum absolute atomic E-state index is 12.5. The van der Waals surface area contributed by atoms with Crippen LogP contribution in [0.25, 0.3) is 0 Å². The first kappa shape index (κ1) is 17.2. The molecule has 120 valence electrons. The average Bonchev–Trinajstić information content (AvgIpc) is 2.51. The largest absolute Gasteiger partial charge is 0.325 e. The van der Waals surface area contributed by atoms with Crippen LogP contribution < -0.4 is 10.6 Å². The van der Waals surface area contributed by atoms with Gasteiger partial charge in [0, 0.05) is 10.2 Å². The molecule has 0 aliphatic rings. The third kappa shape index (κ3) is 3.99. The van der Waals surface area contributed by atoms with Crippen molar-refractivity contribution in [1.29, 1.82) is 0 Å². The predicted molar refractivity (Wildman–Crippen MR) is 96.4 cm³/mol. The lowest BCUT2D eigenvalue weighted by Gasteiger charge is -2.23. The fourth-order valence-corrected chi connectivity index (χ4v) is 2.32. The van der Waals surface area contributed by atoms with Crippen molar-refractivity contribution in [3.05, 3.63) is 58.6 Å². The number of aryl methyl sites for hydroxylation is 1. The molecule has 0 bridgehead atoms. The summed E-state index contributed by atoms with van der Waals surface area (Å²) in [6.45, 7) is 5.11. The predicted octanol–water partition coefficient (Wildman–Crippen LogP) is 4.36. The maximum Gasteiger partial charge on any atom is 0.239 e. The van der Waals surface area contributed by atoms with Crippen LogP contribution in [0.15, 0.2) is 53.0 Å². The molecule has 0 heterocycles. The van der Waals surface area contributed by atoms with E-state index in [0.29, 0.717) is 11.4 Å². The first-order valence-electron chi connectivity index (χ1n) is 7.25. The second-order valence-corrected chi connectivity index (χ2v) is 6.68. The number of benzene rings is 2. The lowest BCUT2D eigenvalue weighted by Crippen LogP contribution is -2.41. The van der Waals surface area contributed by atoms with Gasteiger partial charge in [-0.05, 0) is 60.5 Å². The van der Waals surface area contributed by atoms with Crippen molar-refractivity contribution in [2.75, 3.05) is 10.6 Å². The summed E-state index contributed by atoms with van der Waals surface area (Å²) in [4.78, 5) is 25.0. The zero-order valence-corrected chi connectivity index (χ0v) is 14.9. The van der Waals surface area contributed by atoms with E-state index in [1.807, 2.05) is 49.4 Å². The normalized spacial score (nSPS) is 11.0. The second-order valence-electron chi connectivity index (χ2n) is 5.83. The van der Waals surface area contributed by atoms with Crippen molar-refractivity contribution in [1.82, 2.24) is 0 Å². The van der Waals surface area contributed by atoms with Gasteiger partial charge in [-0.25, -0.2) is 0 Å². The monoisotopic (exact) mass is 374 g/mol. The lowest BCUT2D eigenvalue weighted by molar-refractivity contribution is -0.135. The van der Waals surface area contributed by atoms with E-state index in [9.17, 15) is 9.59 Å². The molecule has 0 spiro atoms. The van der Waals surface area contributed by atoms with Crippen LogP contribution in [0, 0.1) is 12.3 Å². The maximum atomic E-state index is 12.5. The second kappa shape index (κ2) is 6.96. The van der Waals surface area contributed by atoms with Gasteiger partial charge in [-0.1, -0.05) is 30.3 Å². The molecule has 0 saturated carbocycles. The van der Waals surface area contributed by atoms with Crippen LogP contribution in [0.3, 0.4) is 0 Å². The van der Waals surface area contributed by atoms with Crippen molar-refractivity contribution >= 4 is 39.1 Å². The highest BCUT2D eigenvalue weighted by molar-refractivity contribution is 9.10. The first-order valence-corrected chi connectivity index (χ1v) is 8.04. The molecular weight excluding hydrogens is 356 g/mol. The van der Waals surface area contributed by atoms with Crippen LogP contribution >= 0.6 is 15.9 Å². The number of amides is 2. The molecule has 2 aromatic carbocycles. The Bertz CT molecular complexity index is 680. The summed E-state index contributed by atoms with van der Waals surface area (Å²) in [6.07, 6.45) is 0. The van der Waals surface area contributed by atoms with Crippen molar-refractivity contribution < 1.29 is 9.59 Å². The summed E-state index contributed by atoms with van der Waals surface area (Å²) in [5.74, 6) is -0.716. The number of hydrogen-bond acceptors (Lipinski definition) is 2. The molecule has 0 atom stereocenters. The number of halogens is 1. The van der Waals surface area contributed by atoms with Crippen LogP contribution in [0.4, 0.5) is 11.4 Å². The highest BCUT2D eigenvalue weighted by Crippen LogP contribution is 2.26.